The SMILES string of the molecule is COc1ccc(OCCOc2ccccc2C(=O)Nc2ccccc2)cc1. The Hall–Kier alpha value is -3.47. The number of para-hydroxylation sites is 2. The Balaban J connectivity index is 1.55. The molecule has 0 unspecified atom stereocenters. The standard InChI is InChI=1S/C22H21NO4/c1-25-18-11-13-19(14-12-18)26-15-16-27-21-10-6-5-9-20(21)22(24)23-17-7-3-2-4-8-17/h2-14H,15-16H2,1H3,(H,23,24). The van der Waals surface area contributed by atoms with E-state index in [0.29, 0.717) is 24.5 Å². The predicted molar refractivity (Wildman–Crippen MR) is 105 cm³/mol. The summed E-state index contributed by atoms with van der Waals surface area (Å²) in [5.74, 6) is 1.81. The van der Waals surface area contributed by atoms with Crippen molar-refractivity contribution in [3.05, 3.63) is 84.4 Å². The van der Waals surface area contributed by atoms with E-state index in [1.165, 1.54) is 0 Å². The summed E-state index contributed by atoms with van der Waals surface area (Å²) in [4.78, 5) is 12.5. The number of amides is 1. The maximum absolute atomic E-state index is 12.5. The van der Waals surface area contributed by atoms with E-state index in [1.807, 2.05) is 60.7 Å². The number of ether oxygens (including phenoxy) is 3. The summed E-state index contributed by atoms with van der Waals surface area (Å²) >= 11 is 0. The molecule has 0 heterocycles. The van der Waals surface area contributed by atoms with Gasteiger partial charge in [0.15, 0.2) is 0 Å². The van der Waals surface area contributed by atoms with Crippen LogP contribution in [0.1, 0.15) is 10.4 Å². The Morgan fingerprint density at radius 1 is 0.778 bits per heavy atom. The van der Waals surface area contributed by atoms with Crippen LogP contribution >= 0.6 is 0 Å². The van der Waals surface area contributed by atoms with Gasteiger partial charge in [-0.3, -0.25) is 4.79 Å². The van der Waals surface area contributed by atoms with E-state index >= 15 is 0 Å². The Labute approximate surface area is 158 Å². The molecule has 0 aliphatic carbocycles. The van der Waals surface area contributed by atoms with Crippen LogP contribution in [-0.2, 0) is 0 Å². The van der Waals surface area contributed by atoms with Crippen molar-refractivity contribution in [3.63, 3.8) is 0 Å². The lowest BCUT2D eigenvalue weighted by molar-refractivity contribution is 0.102. The van der Waals surface area contributed by atoms with Gasteiger partial charge in [-0.05, 0) is 48.5 Å². The third kappa shape index (κ3) is 5.25. The fourth-order valence-electron chi connectivity index (χ4n) is 2.48. The van der Waals surface area contributed by atoms with Gasteiger partial charge < -0.3 is 19.5 Å². The quantitative estimate of drug-likeness (QED) is 0.603. The second-order valence-electron chi connectivity index (χ2n) is 5.69. The molecule has 0 spiro atoms. The topological polar surface area (TPSA) is 56.8 Å². The van der Waals surface area contributed by atoms with Gasteiger partial charge >= 0.3 is 0 Å². The van der Waals surface area contributed by atoms with Gasteiger partial charge in [-0.15, -0.1) is 0 Å². The Kier molecular flexibility index (Phi) is 6.30. The van der Waals surface area contributed by atoms with E-state index in [1.54, 1.807) is 25.3 Å². The zero-order valence-electron chi connectivity index (χ0n) is 15.1. The van der Waals surface area contributed by atoms with Gasteiger partial charge in [0.05, 0.1) is 12.7 Å². The summed E-state index contributed by atoms with van der Waals surface area (Å²) in [7, 11) is 1.62. The van der Waals surface area contributed by atoms with E-state index in [4.69, 9.17) is 14.2 Å². The molecule has 5 heteroatoms. The molecule has 3 aromatic rings. The molecular weight excluding hydrogens is 342 g/mol. The van der Waals surface area contributed by atoms with Crippen molar-refractivity contribution in [1.82, 2.24) is 0 Å². The van der Waals surface area contributed by atoms with Crippen molar-refractivity contribution in [2.45, 2.75) is 0 Å². The van der Waals surface area contributed by atoms with Crippen molar-refractivity contribution in [3.8, 4) is 17.2 Å². The van der Waals surface area contributed by atoms with Gasteiger partial charge in [0.1, 0.15) is 30.5 Å². The highest BCUT2D eigenvalue weighted by Gasteiger charge is 2.12. The van der Waals surface area contributed by atoms with Crippen LogP contribution in [0.25, 0.3) is 0 Å². The number of hydrogen-bond donors (Lipinski definition) is 1. The third-order valence-electron chi connectivity index (χ3n) is 3.83. The number of carbonyl (C=O) groups is 1. The van der Waals surface area contributed by atoms with Gasteiger partial charge in [0.25, 0.3) is 5.91 Å². The average molecular weight is 363 g/mol. The highest BCUT2D eigenvalue weighted by Crippen LogP contribution is 2.20. The number of methoxy groups -OCH3 is 1. The van der Waals surface area contributed by atoms with Crippen LogP contribution in [0, 0.1) is 0 Å². The molecule has 1 N–H and O–H groups in total. The molecule has 0 fully saturated rings. The highest BCUT2D eigenvalue weighted by atomic mass is 16.5. The molecule has 3 rings (SSSR count). The molecular formula is C22H21NO4. The van der Waals surface area contributed by atoms with E-state index in [9.17, 15) is 4.79 Å². The third-order valence-corrected chi connectivity index (χ3v) is 3.83. The number of carbonyl (C=O) groups excluding carboxylic acids is 1. The van der Waals surface area contributed by atoms with E-state index in [0.717, 1.165) is 17.2 Å². The molecule has 0 radical (unpaired) electrons. The molecule has 0 aliphatic heterocycles. The van der Waals surface area contributed by atoms with Crippen LogP contribution < -0.4 is 19.5 Å². The molecule has 0 saturated heterocycles. The lowest BCUT2D eigenvalue weighted by Crippen LogP contribution is -2.15. The number of benzene rings is 3. The fraction of sp³-hybridized carbons (Fsp3) is 0.136. The lowest BCUT2D eigenvalue weighted by Gasteiger charge is -2.12. The molecule has 1 amide bonds. The Morgan fingerprint density at radius 3 is 2.15 bits per heavy atom. The first-order chi connectivity index (χ1) is 13.3. The Morgan fingerprint density at radius 2 is 1.41 bits per heavy atom. The molecule has 0 bridgehead atoms. The van der Waals surface area contributed by atoms with Gasteiger partial charge in [-0.25, -0.2) is 0 Å². The van der Waals surface area contributed by atoms with Crippen LogP contribution in [0.4, 0.5) is 5.69 Å². The zero-order valence-corrected chi connectivity index (χ0v) is 15.1. The minimum Gasteiger partial charge on any atom is -0.497 e. The minimum atomic E-state index is -0.215. The first-order valence-electron chi connectivity index (χ1n) is 8.61. The summed E-state index contributed by atoms with van der Waals surface area (Å²) in [6.07, 6.45) is 0. The molecule has 138 valence electrons. The van der Waals surface area contributed by atoms with Crippen molar-refractivity contribution >= 4 is 11.6 Å². The predicted octanol–water partition coefficient (Wildman–Crippen LogP) is 4.41. The number of anilines is 1. The summed E-state index contributed by atoms with van der Waals surface area (Å²) in [5, 5.41) is 2.86. The molecule has 0 atom stereocenters. The fourth-order valence-corrected chi connectivity index (χ4v) is 2.48. The largest absolute Gasteiger partial charge is 0.497 e. The summed E-state index contributed by atoms with van der Waals surface area (Å²) in [5.41, 5.74) is 1.21. The smallest absolute Gasteiger partial charge is 0.259 e. The van der Waals surface area contributed by atoms with Crippen molar-refractivity contribution in [1.29, 1.82) is 0 Å². The maximum Gasteiger partial charge on any atom is 0.259 e. The van der Waals surface area contributed by atoms with E-state index in [-0.39, 0.29) is 5.91 Å². The first kappa shape index (κ1) is 18.3. The molecule has 27 heavy (non-hydrogen) atoms. The van der Waals surface area contributed by atoms with Crippen LogP contribution in [0.3, 0.4) is 0 Å². The normalized spacial score (nSPS) is 10.1. The van der Waals surface area contributed by atoms with Crippen LogP contribution in [0.15, 0.2) is 78.9 Å². The second kappa shape index (κ2) is 9.29. The molecule has 5 nitrogen and oxygen atoms in total. The molecule has 3 aromatic carbocycles. The van der Waals surface area contributed by atoms with E-state index < -0.39 is 0 Å². The van der Waals surface area contributed by atoms with Crippen molar-refractivity contribution in [2.24, 2.45) is 0 Å². The highest BCUT2D eigenvalue weighted by molar-refractivity contribution is 6.06. The zero-order chi connectivity index (χ0) is 18.9. The maximum atomic E-state index is 12.5. The van der Waals surface area contributed by atoms with E-state index in [2.05, 4.69) is 5.32 Å². The summed E-state index contributed by atoms with van der Waals surface area (Å²) in [6.45, 7) is 0.683. The lowest BCUT2D eigenvalue weighted by atomic mass is 10.2. The van der Waals surface area contributed by atoms with Gasteiger partial charge in [0.2, 0.25) is 0 Å². The molecule has 0 saturated carbocycles. The molecule has 0 aromatic heterocycles. The number of nitrogens with one attached hydrogen (secondary N) is 1. The number of rotatable bonds is 8. The van der Waals surface area contributed by atoms with Crippen molar-refractivity contribution in [2.75, 3.05) is 25.6 Å². The van der Waals surface area contributed by atoms with Crippen LogP contribution in [0.2, 0.25) is 0 Å². The second-order valence-corrected chi connectivity index (χ2v) is 5.69. The van der Waals surface area contributed by atoms with Gasteiger partial charge in [-0.1, -0.05) is 30.3 Å². The van der Waals surface area contributed by atoms with Crippen LogP contribution in [-0.4, -0.2) is 26.2 Å². The number of hydrogen-bond acceptors (Lipinski definition) is 4. The summed E-state index contributed by atoms with van der Waals surface area (Å²) in [6, 6.07) is 23.8. The van der Waals surface area contributed by atoms with Gasteiger partial charge in [0, 0.05) is 5.69 Å². The van der Waals surface area contributed by atoms with Crippen LogP contribution in [0.5, 0.6) is 17.2 Å². The minimum absolute atomic E-state index is 0.215. The summed E-state index contributed by atoms with van der Waals surface area (Å²) < 4.78 is 16.5. The van der Waals surface area contributed by atoms with Gasteiger partial charge in [-0.2, -0.15) is 0 Å². The average Bonchev–Trinajstić information content (AvgIpc) is 2.72. The first-order valence-corrected chi connectivity index (χ1v) is 8.61. The monoisotopic (exact) mass is 363 g/mol. The Bertz CT molecular complexity index is 863. The molecule has 0 aliphatic rings. The van der Waals surface area contributed by atoms with Crippen molar-refractivity contribution < 1.29 is 19.0 Å².